The molecule has 2 aromatic rings. The number of carbonyl (C=O) groups is 1. The van der Waals surface area contributed by atoms with E-state index >= 15 is 0 Å². The van der Waals surface area contributed by atoms with E-state index < -0.39 is 23.5 Å². The van der Waals surface area contributed by atoms with Gasteiger partial charge in [-0.1, -0.05) is 0 Å². The third-order valence-electron chi connectivity index (χ3n) is 3.55. The maximum atomic E-state index is 13.6. The van der Waals surface area contributed by atoms with Gasteiger partial charge in [0, 0.05) is 5.69 Å². The summed E-state index contributed by atoms with van der Waals surface area (Å²) < 4.78 is 56.6. The van der Waals surface area contributed by atoms with Crippen LogP contribution in [0.25, 0.3) is 0 Å². The molecular weight excluding hydrogens is 340 g/mol. The minimum Gasteiger partial charge on any atom is -0.465 e. The second-order valence-corrected chi connectivity index (χ2v) is 5.08. The Kier molecular flexibility index (Phi) is 4.97. The van der Waals surface area contributed by atoms with Gasteiger partial charge in [-0.2, -0.15) is 18.4 Å². The molecule has 0 atom stereocenters. The number of nitriles is 1. The number of benzene rings is 2. The Balaban J connectivity index is 2.54. The second kappa shape index (κ2) is 6.81. The van der Waals surface area contributed by atoms with Gasteiger partial charge < -0.3 is 10.1 Å². The zero-order valence-corrected chi connectivity index (χ0v) is 13.2. The molecule has 0 aliphatic rings. The van der Waals surface area contributed by atoms with E-state index in [0.717, 1.165) is 25.3 Å². The number of hydrogen-bond donors (Lipinski definition) is 1. The third-order valence-corrected chi connectivity index (χ3v) is 3.55. The lowest BCUT2D eigenvalue weighted by atomic mass is 10.0. The summed E-state index contributed by atoms with van der Waals surface area (Å²) in [7, 11) is 1.04. The van der Waals surface area contributed by atoms with Gasteiger partial charge in [-0.15, -0.1) is 0 Å². The van der Waals surface area contributed by atoms with Crippen LogP contribution in [0.1, 0.15) is 27.0 Å². The number of alkyl halides is 3. The van der Waals surface area contributed by atoms with E-state index in [1.54, 1.807) is 6.07 Å². The Hall–Kier alpha value is -3.08. The molecule has 0 saturated carbocycles. The van der Waals surface area contributed by atoms with E-state index in [0.29, 0.717) is 6.07 Å². The number of methoxy groups -OCH3 is 1. The molecule has 0 aliphatic heterocycles. The summed E-state index contributed by atoms with van der Waals surface area (Å²) in [5.41, 5.74) is -0.956. The van der Waals surface area contributed by atoms with Gasteiger partial charge in [-0.25, -0.2) is 9.18 Å². The molecule has 25 heavy (non-hydrogen) atoms. The van der Waals surface area contributed by atoms with Crippen molar-refractivity contribution in [3.05, 3.63) is 58.4 Å². The number of hydrogen-bond acceptors (Lipinski definition) is 4. The number of halogens is 4. The van der Waals surface area contributed by atoms with E-state index in [1.165, 1.54) is 13.0 Å². The van der Waals surface area contributed by atoms with Crippen LogP contribution in [0.4, 0.5) is 28.9 Å². The topological polar surface area (TPSA) is 62.1 Å². The summed E-state index contributed by atoms with van der Waals surface area (Å²) in [6, 6.07) is 6.63. The lowest BCUT2D eigenvalue weighted by Crippen LogP contribution is -2.11. The summed E-state index contributed by atoms with van der Waals surface area (Å²) in [5, 5.41) is 11.7. The van der Waals surface area contributed by atoms with Crippen molar-refractivity contribution in [2.45, 2.75) is 13.1 Å². The van der Waals surface area contributed by atoms with Gasteiger partial charge in [0.2, 0.25) is 0 Å². The fourth-order valence-electron chi connectivity index (χ4n) is 2.20. The first-order valence-electron chi connectivity index (χ1n) is 6.94. The molecule has 0 spiro atoms. The molecule has 2 rings (SSSR count). The number of carbonyl (C=O) groups excluding carboxylic acids is 1. The fraction of sp³-hybridized carbons (Fsp3) is 0.176. The molecule has 1 N–H and O–H groups in total. The highest BCUT2D eigenvalue weighted by molar-refractivity contribution is 5.97. The summed E-state index contributed by atoms with van der Waals surface area (Å²) in [6.45, 7) is 1.48. The van der Waals surface area contributed by atoms with Crippen LogP contribution in [0.5, 0.6) is 0 Å². The first kappa shape index (κ1) is 18.3. The van der Waals surface area contributed by atoms with Crippen molar-refractivity contribution in [2.75, 3.05) is 12.4 Å². The third kappa shape index (κ3) is 3.71. The SMILES string of the molecule is COC(=O)c1cc(C(F)(F)F)ccc1Nc1ccc(F)c(C#N)c1C. The van der Waals surface area contributed by atoms with Gasteiger partial charge in [0.15, 0.2) is 0 Å². The molecular formula is C17H12F4N2O2. The summed E-state index contributed by atoms with van der Waals surface area (Å²) in [5.74, 6) is -1.68. The number of rotatable bonds is 3. The predicted octanol–water partition coefficient (Wildman–Crippen LogP) is 4.55. The van der Waals surface area contributed by atoms with Crippen LogP contribution in [0, 0.1) is 24.1 Å². The lowest BCUT2D eigenvalue weighted by molar-refractivity contribution is -0.137. The molecule has 0 heterocycles. The molecule has 0 radical (unpaired) electrons. The molecule has 2 aromatic carbocycles. The molecule has 0 bridgehead atoms. The van der Waals surface area contributed by atoms with Crippen LogP contribution in [0.3, 0.4) is 0 Å². The number of nitrogens with one attached hydrogen (secondary N) is 1. The van der Waals surface area contributed by atoms with Crippen LogP contribution < -0.4 is 5.32 Å². The maximum absolute atomic E-state index is 13.6. The Morgan fingerprint density at radius 1 is 1.20 bits per heavy atom. The van der Waals surface area contributed by atoms with Crippen molar-refractivity contribution < 1.29 is 27.1 Å². The smallest absolute Gasteiger partial charge is 0.416 e. The van der Waals surface area contributed by atoms with Crippen molar-refractivity contribution in [2.24, 2.45) is 0 Å². The molecule has 130 valence electrons. The highest BCUT2D eigenvalue weighted by atomic mass is 19.4. The Bertz CT molecular complexity index is 870. The van der Waals surface area contributed by atoms with E-state index in [2.05, 4.69) is 10.1 Å². The van der Waals surface area contributed by atoms with Gasteiger partial charge in [0.05, 0.1) is 29.5 Å². The molecule has 4 nitrogen and oxygen atoms in total. The van der Waals surface area contributed by atoms with Gasteiger partial charge in [0.1, 0.15) is 11.9 Å². The average Bonchev–Trinajstić information content (AvgIpc) is 2.56. The van der Waals surface area contributed by atoms with Crippen LogP contribution in [0.15, 0.2) is 30.3 Å². The normalized spacial score (nSPS) is 10.9. The van der Waals surface area contributed by atoms with Crippen molar-refractivity contribution in [3.63, 3.8) is 0 Å². The first-order valence-corrected chi connectivity index (χ1v) is 6.94. The van der Waals surface area contributed by atoms with E-state index in [-0.39, 0.29) is 28.1 Å². The molecule has 0 fully saturated rings. The summed E-state index contributed by atoms with van der Waals surface area (Å²) in [4.78, 5) is 11.8. The Labute approximate surface area is 140 Å². The molecule has 0 amide bonds. The number of ether oxygens (including phenoxy) is 1. The molecule has 0 aliphatic carbocycles. The highest BCUT2D eigenvalue weighted by Crippen LogP contribution is 2.34. The molecule has 8 heteroatoms. The van der Waals surface area contributed by atoms with Crippen molar-refractivity contribution in [1.29, 1.82) is 5.26 Å². The van der Waals surface area contributed by atoms with Gasteiger partial charge in [-0.3, -0.25) is 0 Å². The largest absolute Gasteiger partial charge is 0.465 e. The monoisotopic (exact) mass is 352 g/mol. The molecule has 0 saturated heterocycles. The average molecular weight is 352 g/mol. The highest BCUT2D eigenvalue weighted by Gasteiger charge is 2.32. The molecule has 0 aromatic heterocycles. The summed E-state index contributed by atoms with van der Waals surface area (Å²) >= 11 is 0. The zero-order chi connectivity index (χ0) is 18.8. The van der Waals surface area contributed by atoms with E-state index in [9.17, 15) is 22.4 Å². The lowest BCUT2D eigenvalue weighted by Gasteiger charge is -2.16. The van der Waals surface area contributed by atoms with Crippen LogP contribution in [-0.2, 0) is 10.9 Å². The minimum atomic E-state index is -4.62. The Morgan fingerprint density at radius 2 is 1.84 bits per heavy atom. The number of nitrogens with zero attached hydrogens (tertiary/aromatic N) is 1. The first-order chi connectivity index (χ1) is 11.7. The quantitative estimate of drug-likeness (QED) is 0.650. The predicted molar refractivity (Wildman–Crippen MR) is 81.9 cm³/mol. The van der Waals surface area contributed by atoms with E-state index in [4.69, 9.17) is 5.26 Å². The second-order valence-electron chi connectivity index (χ2n) is 5.08. The standard InChI is InChI=1S/C17H12F4N2O2/c1-9-12(8-22)13(18)4-6-14(9)23-15-5-3-10(17(19,20)21)7-11(15)16(24)25-2/h3-7,23H,1-2H3. The number of esters is 1. The van der Waals surface area contributed by atoms with Crippen LogP contribution >= 0.6 is 0 Å². The van der Waals surface area contributed by atoms with Crippen molar-refractivity contribution in [3.8, 4) is 6.07 Å². The Morgan fingerprint density at radius 3 is 2.40 bits per heavy atom. The van der Waals surface area contributed by atoms with Gasteiger partial charge >= 0.3 is 12.1 Å². The maximum Gasteiger partial charge on any atom is 0.416 e. The van der Waals surface area contributed by atoms with Gasteiger partial charge in [-0.05, 0) is 42.8 Å². The zero-order valence-electron chi connectivity index (χ0n) is 13.2. The van der Waals surface area contributed by atoms with Crippen molar-refractivity contribution >= 4 is 17.3 Å². The van der Waals surface area contributed by atoms with Gasteiger partial charge in [0.25, 0.3) is 0 Å². The fourth-order valence-corrected chi connectivity index (χ4v) is 2.20. The van der Waals surface area contributed by atoms with Crippen LogP contribution in [-0.4, -0.2) is 13.1 Å². The van der Waals surface area contributed by atoms with Crippen molar-refractivity contribution in [1.82, 2.24) is 0 Å². The number of anilines is 2. The van der Waals surface area contributed by atoms with Crippen LogP contribution in [0.2, 0.25) is 0 Å². The molecule has 0 unspecified atom stereocenters. The van der Waals surface area contributed by atoms with E-state index in [1.807, 2.05) is 0 Å². The summed E-state index contributed by atoms with van der Waals surface area (Å²) in [6.07, 6.45) is -4.62. The minimum absolute atomic E-state index is 0.0402.